The molecule has 0 amide bonds. The lowest BCUT2D eigenvalue weighted by Crippen LogP contribution is -2.13. The van der Waals surface area contributed by atoms with Crippen molar-refractivity contribution in [3.8, 4) is 11.4 Å². The number of anilines is 1. The molecule has 0 aliphatic heterocycles. The molecule has 0 aliphatic rings. The van der Waals surface area contributed by atoms with E-state index in [1.165, 1.54) is 0 Å². The van der Waals surface area contributed by atoms with Crippen LogP contribution in [0.15, 0.2) is 22.7 Å². The maximum Gasteiger partial charge on any atom is 0.162 e. The van der Waals surface area contributed by atoms with Crippen LogP contribution in [0.2, 0.25) is 0 Å². The van der Waals surface area contributed by atoms with Gasteiger partial charge in [0.25, 0.3) is 0 Å². The molecule has 0 saturated carbocycles. The summed E-state index contributed by atoms with van der Waals surface area (Å²) in [6.45, 7) is 6.10. The molecule has 3 N–H and O–H groups in total. The van der Waals surface area contributed by atoms with E-state index in [-0.39, 0.29) is 0 Å². The van der Waals surface area contributed by atoms with Crippen LogP contribution in [0.4, 0.5) is 5.82 Å². The Kier molecular flexibility index (Phi) is 4.17. The molecule has 0 spiro atoms. The van der Waals surface area contributed by atoms with E-state index in [2.05, 4.69) is 38.2 Å². The van der Waals surface area contributed by atoms with Gasteiger partial charge in [-0.05, 0) is 38.0 Å². The summed E-state index contributed by atoms with van der Waals surface area (Å²) in [5.74, 6) is 6.95. The van der Waals surface area contributed by atoms with Gasteiger partial charge in [0.05, 0.1) is 0 Å². The van der Waals surface area contributed by atoms with Crippen molar-refractivity contribution in [1.29, 1.82) is 0 Å². The molecule has 0 atom stereocenters. The number of hydrogen-bond acceptors (Lipinski definition) is 4. The standard InChI is InChI=1S/C14H17BrN4/c1-4-11-9(3)17-13(18-14(11)19-16)12-7-10(15)6-5-8(12)2/h5-7H,4,16H2,1-3H3,(H,17,18,19). The van der Waals surface area contributed by atoms with Gasteiger partial charge in [0.2, 0.25) is 0 Å². The summed E-state index contributed by atoms with van der Waals surface area (Å²) in [6.07, 6.45) is 0.850. The highest BCUT2D eigenvalue weighted by molar-refractivity contribution is 9.10. The molecule has 0 aliphatic carbocycles. The summed E-state index contributed by atoms with van der Waals surface area (Å²) in [6, 6.07) is 6.08. The van der Waals surface area contributed by atoms with Gasteiger partial charge in [-0.3, -0.25) is 0 Å². The SMILES string of the molecule is CCc1c(C)nc(-c2cc(Br)ccc2C)nc1NN. The molecule has 5 heteroatoms. The number of halogens is 1. The number of hydrazine groups is 1. The molecule has 1 aromatic carbocycles. The van der Waals surface area contributed by atoms with Gasteiger partial charge >= 0.3 is 0 Å². The lowest BCUT2D eigenvalue weighted by atomic mass is 10.1. The molecule has 2 rings (SSSR count). The van der Waals surface area contributed by atoms with Crippen LogP contribution in [0.5, 0.6) is 0 Å². The third-order valence-corrected chi connectivity index (χ3v) is 3.64. The number of aromatic nitrogens is 2. The molecular formula is C14H17BrN4. The van der Waals surface area contributed by atoms with E-state index in [9.17, 15) is 0 Å². The Morgan fingerprint density at radius 2 is 2.00 bits per heavy atom. The number of hydrogen-bond donors (Lipinski definition) is 2. The van der Waals surface area contributed by atoms with Crippen molar-refractivity contribution in [2.75, 3.05) is 5.43 Å². The van der Waals surface area contributed by atoms with Gasteiger partial charge in [0.15, 0.2) is 5.82 Å². The predicted molar refractivity (Wildman–Crippen MR) is 81.8 cm³/mol. The molecule has 0 fully saturated rings. The van der Waals surface area contributed by atoms with Crippen molar-refractivity contribution in [3.05, 3.63) is 39.5 Å². The molecule has 100 valence electrons. The first-order valence-electron chi connectivity index (χ1n) is 6.17. The molecule has 19 heavy (non-hydrogen) atoms. The third kappa shape index (κ3) is 2.77. The van der Waals surface area contributed by atoms with E-state index in [1.807, 2.05) is 32.0 Å². The van der Waals surface area contributed by atoms with Crippen molar-refractivity contribution in [2.24, 2.45) is 5.84 Å². The fraction of sp³-hybridized carbons (Fsp3) is 0.286. The van der Waals surface area contributed by atoms with Gasteiger partial charge in [-0.25, -0.2) is 15.8 Å². The van der Waals surface area contributed by atoms with Crippen molar-refractivity contribution >= 4 is 21.7 Å². The topological polar surface area (TPSA) is 63.8 Å². The number of rotatable bonds is 3. The van der Waals surface area contributed by atoms with Crippen LogP contribution in [0.3, 0.4) is 0 Å². The molecule has 4 nitrogen and oxygen atoms in total. The summed E-state index contributed by atoms with van der Waals surface area (Å²) in [5, 5.41) is 0. The number of aryl methyl sites for hydroxylation is 2. The van der Waals surface area contributed by atoms with E-state index in [1.54, 1.807) is 0 Å². The van der Waals surface area contributed by atoms with Crippen LogP contribution in [-0.4, -0.2) is 9.97 Å². The highest BCUT2D eigenvalue weighted by Gasteiger charge is 2.12. The Bertz CT molecular complexity index is 611. The van der Waals surface area contributed by atoms with Crippen molar-refractivity contribution in [2.45, 2.75) is 27.2 Å². The first-order valence-corrected chi connectivity index (χ1v) is 6.96. The summed E-state index contributed by atoms with van der Waals surface area (Å²) >= 11 is 3.48. The van der Waals surface area contributed by atoms with Gasteiger partial charge in [0, 0.05) is 21.3 Å². The number of nitrogens with one attached hydrogen (secondary N) is 1. The second-order valence-electron chi connectivity index (χ2n) is 4.42. The number of nitrogens with zero attached hydrogens (tertiary/aromatic N) is 2. The molecule has 1 heterocycles. The molecule has 0 bridgehead atoms. The largest absolute Gasteiger partial charge is 0.308 e. The highest BCUT2D eigenvalue weighted by Crippen LogP contribution is 2.27. The van der Waals surface area contributed by atoms with Crippen molar-refractivity contribution < 1.29 is 0 Å². The number of nitrogen functional groups attached to an aromatic ring is 1. The first kappa shape index (κ1) is 14.0. The molecule has 0 saturated heterocycles. The van der Waals surface area contributed by atoms with Crippen LogP contribution in [0.25, 0.3) is 11.4 Å². The normalized spacial score (nSPS) is 10.6. The number of nitrogens with two attached hydrogens (primary N) is 1. The van der Waals surface area contributed by atoms with E-state index >= 15 is 0 Å². The summed E-state index contributed by atoms with van der Waals surface area (Å²) in [7, 11) is 0. The summed E-state index contributed by atoms with van der Waals surface area (Å²) < 4.78 is 1.01. The van der Waals surface area contributed by atoms with Crippen molar-refractivity contribution in [3.63, 3.8) is 0 Å². The van der Waals surface area contributed by atoms with E-state index in [0.717, 1.165) is 33.3 Å². The first-order chi connectivity index (χ1) is 9.06. The van der Waals surface area contributed by atoms with E-state index < -0.39 is 0 Å². The van der Waals surface area contributed by atoms with E-state index in [4.69, 9.17) is 5.84 Å². The second kappa shape index (κ2) is 5.67. The van der Waals surface area contributed by atoms with Gasteiger partial charge in [0.1, 0.15) is 5.82 Å². The van der Waals surface area contributed by atoms with E-state index in [0.29, 0.717) is 11.6 Å². The average Bonchev–Trinajstić information content (AvgIpc) is 2.40. The molecule has 0 radical (unpaired) electrons. The minimum absolute atomic E-state index is 0.696. The van der Waals surface area contributed by atoms with Crippen LogP contribution in [0, 0.1) is 13.8 Å². The predicted octanol–water partition coefficient (Wildman–Crippen LogP) is 3.37. The second-order valence-corrected chi connectivity index (χ2v) is 5.33. The monoisotopic (exact) mass is 320 g/mol. The van der Waals surface area contributed by atoms with Gasteiger partial charge < -0.3 is 5.43 Å². The van der Waals surface area contributed by atoms with Gasteiger partial charge in [-0.2, -0.15) is 0 Å². The van der Waals surface area contributed by atoms with Crippen LogP contribution >= 0.6 is 15.9 Å². The Morgan fingerprint density at radius 3 is 2.63 bits per heavy atom. The molecule has 1 aromatic heterocycles. The maximum atomic E-state index is 5.56. The fourth-order valence-electron chi connectivity index (χ4n) is 2.09. The van der Waals surface area contributed by atoms with Crippen LogP contribution in [-0.2, 0) is 6.42 Å². The zero-order chi connectivity index (χ0) is 14.0. The lowest BCUT2D eigenvalue weighted by molar-refractivity contribution is 0.993. The Labute approximate surface area is 121 Å². The quantitative estimate of drug-likeness (QED) is 0.672. The van der Waals surface area contributed by atoms with Crippen LogP contribution in [0.1, 0.15) is 23.7 Å². The molecule has 0 unspecified atom stereocenters. The van der Waals surface area contributed by atoms with Crippen molar-refractivity contribution in [1.82, 2.24) is 9.97 Å². The van der Waals surface area contributed by atoms with Gasteiger partial charge in [-0.15, -0.1) is 0 Å². The molecule has 2 aromatic rings. The number of benzene rings is 1. The fourth-order valence-corrected chi connectivity index (χ4v) is 2.46. The Hall–Kier alpha value is -1.46. The zero-order valence-electron chi connectivity index (χ0n) is 11.3. The van der Waals surface area contributed by atoms with Crippen LogP contribution < -0.4 is 11.3 Å². The summed E-state index contributed by atoms with van der Waals surface area (Å²) in [5.41, 5.74) is 6.83. The highest BCUT2D eigenvalue weighted by atomic mass is 79.9. The summed E-state index contributed by atoms with van der Waals surface area (Å²) in [4.78, 5) is 9.12. The maximum absolute atomic E-state index is 5.56. The minimum atomic E-state index is 0.696. The Morgan fingerprint density at radius 1 is 1.26 bits per heavy atom. The smallest absolute Gasteiger partial charge is 0.162 e. The lowest BCUT2D eigenvalue weighted by Gasteiger charge is -2.12. The van der Waals surface area contributed by atoms with Gasteiger partial charge in [-0.1, -0.05) is 28.9 Å². The molecular weight excluding hydrogens is 304 g/mol. The zero-order valence-corrected chi connectivity index (χ0v) is 12.9. The Balaban J connectivity index is 2.63. The average molecular weight is 321 g/mol. The minimum Gasteiger partial charge on any atom is -0.308 e. The third-order valence-electron chi connectivity index (χ3n) is 3.14.